The van der Waals surface area contributed by atoms with E-state index in [1.54, 1.807) is 37.3 Å². The summed E-state index contributed by atoms with van der Waals surface area (Å²) in [6, 6.07) is 20.7. The molecule has 3 aromatic carbocycles. The number of rotatable bonds is 5. The topological polar surface area (TPSA) is 98.1 Å². The van der Waals surface area contributed by atoms with Gasteiger partial charge in [-0.15, -0.1) is 0 Å². The van der Waals surface area contributed by atoms with Crippen molar-refractivity contribution in [2.24, 2.45) is 0 Å². The highest BCUT2D eigenvalue weighted by Crippen LogP contribution is 2.22. The highest BCUT2D eigenvalue weighted by atomic mass is 32.2. The van der Waals surface area contributed by atoms with Gasteiger partial charge >= 0.3 is 0 Å². The Morgan fingerprint density at radius 2 is 1.62 bits per heavy atom. The van der Waals surface area contributed by atoms with Crippen LogP contribution in [0.25, 0.3) is 10.8 Å². The van der Waals surface area contributed by atoms with Crippen LogP contribution in [0, 0.1) is 6.92 Å². The molecule has 32 heavy (non-hydrogen) atoms. The summed E-state index contributed by atoms with van der Waals surface area (Å²) >= 11 is 0. The quantitative estimate of drug-likeness (QED) is 0.506. The molecule has 0 radical (unpaired) electrons. The van der Waals surface area contributed by atoms with Gasteiger partial charge in [0.15, 0.2) is 15.5 Å². The van der Waals surface area contributed by atoms with Crippen LogP contribution >= 0.6 is 0 Å². The molecule has 0 aliphatic carbocycles. The molecule has 0 bridgehead atoms. The van der Waals surface area contributed by atoms with Crippen LogP contribution in [-0.2, 0) is 16.4 Å². The number of amides is 1. The SMILES string of the molecule is Cc1ccc(S(C)(=O)=O)cc1NC(=O)c1nn(Cc2ccccc2)c(=O)c2ccccc12. The van der Waals surface area contributed by atoms with E-state index in [1.165, 1.54) is 16.8 Å². The van der Waals surface area contributed by atoms with Crippen molar-refractivity contribution in [3.05, 3.63) is 100.0 Å². The molecule has 0 atom stereocenters. The normalized spacial score (nSPS) is 11.4. The van der Waals surface area contributed by atoms with Crippen molar-refractivity contribution in [2.45, 2.75) is 18.4 Å². The highest BCUT2D eigenvalue weighted by molar-refractivity contribution is 7.90. The maximum atomic E-state index is 13.2. The van der Waals surface area contributed by atoms with Crippen molar-refractivity contribution in [3.63, 3.8) is 0 Å². The molecule has 1 aromatic heterocycles. The van der Waals surface area contributed by atoms with Gasteiger partial charge in [-0.3, -0.25) is 9.59 Å². The van der Waals surface area contributed by atoms with Crippen LogP contribution in [0.15, 0.2) is 82.5 Å². The second-order valence-electron chi connectivity index (χ2n) is 7.55. The molecular formula is C24H21N3O4S. The zero-order valence-corrected chi connectivity index (χ0v) is 18.4. The van der Waals surface area contributed by atoms with E-state index in [-0.39, 0.29) is 22.7 Å². The minimum Gasteiger partial charge on any atom is -0.320 e. The lowest BCUT2D eigenvalue weighted by Crippen LogP contribution is -2.28. The molecule has 0 saturated carbocycles. The molecule has 0 unspecified atom stereocenters. The third kappa shape index (κ3) is 4.31. The zero-order valence-electron chi connectivity index (χ0n) is 17.6. The van der Waals surface area contributed by atoms with E-state index < -0.39 is 15.7 Å². The van der Waals surface area contributed by atoms with E-state index in [9.17, 15) is 18.0 Å². The van der Waals surface area contributed by atoms with Crippen LogP contribution in [0.5, 0.6) is 0 Å². The zero-order chi connectivity index (χ0) is 22.9. The number of fused-ring (bicyclic) bond motifs is 1. The predicted molar refractivity (Wildman–Crippen MR) is 124 cm³/mol. The first kappa shape index (κ1) is 21.5. The minimum absolute atomic E-state index is 0.0836. The fourth-order valence-corrected chi connectivity index (χ4v) is 4.06. The number of sulfone groups is 1. The standard InChI is InChI=1S/C24H21N3O4S/c1-16-12-13-18(32(2,30)31)14-21(16)25-23(28)22-19-10-6-7-11-20(19)24(29)27(26-22)15-17-8-4-3-5-9-17/h3-14H,15H2,1-2H3,(H,25,28). The van der Waals surface area contributed by atoms with Gasteiger partial charge < -0.3 is 5.32 Å². The van der Waals surface area contributed by atoms with Crippen LogP contribution in [0.3, 0.4) is 0 Å². The number of anilines is 1. The fourth-order valence-electron chi connectivity index (χ4n) is 3.41. The van der Waals surface area contributed by atoms with E-state index in [4.69, 9.17) is 0 Å². The highest BCUT2D eigenvalue weighted by Gasteiger charge is 2.18. The number of nitrogens with zero attached hydrogens (tertiary/aromatic N) is 2. The van der Waals surface area contributed by atoms with Crippen LogP contribution in [-0.4, -0.2) is 30.4 Å². The summed E-state index contributed by atoms with van der Waals surface area (Å²) < 4.78 is 25.1. The summed E-state index contributed by atoms with van der Waals surface area (Å²) in [4.78, 5) is 26.3. The number of carbonyl (C=O) groups is 1. The largest absolute Gasteiger partial charge is 0.320 e. The lowest BCUT2D eigenvalue weighted by Gasteiger charge is -2.13. The van der Waals surface area contributed by atoms with Gasteiger partial charge in [-0.1, -0.05) is 54.6 Å². The van der Waals surface area contributed by atoms with E-state index in [2.05, 4.69) is 10.4 Å². The maximum absolute atomic E-state index is 13.2. The number of carbonyl (C=O) groups excluding carboxylic acids is 1. The number of hydrogen-bond acceptors (Lipinski definition) is 5. The monoisotopic (exact) mass is 447 g/mol. The van der Waals surface area contributed by atoms with Gasteiger partial charge in [0.1, 0.15) is 0 Å². The molecule has 1 amide bonds. The van der Waals surface area contributed by atoms with Gasteiger partial charge in [0.2, 0.25) is 0 Å². The summed E-state index contributed by atoms with van der Waals surface area (Å²) in [6.45, 7) is 1.98. The number of aromatic nitrogens is 2. The van der Waals surface area contributed by atoms with Gasteiger partial charge in [-0.05, 0) is 36.2 Å². The Morgan fingerprint density at radius 1 is 0.969 bits per heavy atom. The number of hydrogen-bond donors (Lipinski definition) is 1. The van der Waals surface area contributed by atoms with Crippen molar-refractivity contribution in [2.75, 3.05) is 11.6 Å². The van der Waals surface area contributed by atoms with Crippen LogP contribution in [0.2, 0.25) is 0 Å². The Balaban J connectivity index is 1.79. The molecule has 0 saturated heterocycles. The Hall–Kier alpha value is -3.78. The number of benzene rings is 3. The first-order valence-corrected chi connectivity index (χ1v) is 11.8. The van der Waals surface area contributed by atoms with E-state index in [0.717, 1.165) is 11.8 Å². The molecule has 7 nitrogen and oxygen atoms in total. The summed E-state index contributed by atoms with van der Waals surface area (Å²) in [5.41, 5.74) is 1.73. The number of aryl methyl sites for hydroxylation is 1. The van der Waals surface area contributed by atoms with Crippen molar-refractivity contribution in [3.8, 4) is 0 Å². The molecule has 0 aliphatic rings. The molecule has 8 heteroatoms. The van der Waals surface area contributed by atoms with Crippen molar-refractivity contribution < 1.29 is 13.2 Å². The Morgan fingerprint density at radius 3 is 2.31 bits per heavy atom. The van der Waals surface area contributed by atoms with Crippen LogP contribution in [0.1, 0.15) is 21.6 Å². The van der Waals surface area contributed by atoms with Gasteiger partial charge in [0.25, 0.3) is 11.5 Å². The van der Waals surface area contributed by atoms with Gasteiger partial charge in [-0.25, -0.2) is 13.1 Å². The van der Waals surface area contributed by atoms with E-state index in [1.807, 2.05) is 30.3 Å². The molecule has 4 rings (SSSR count). The first-order valence-electron chi connectivity index (χ1n) is 9.90. The summed E-state index contributed by atoms with van der Waals surface area (Å²) in [7, 11) is -3.44. The summed E-state index contributed by atoms with van der Waals surface area (Å²) in [6.07, 6.45) is 1.11. The van der Waals surface area contributed by atoms with Crippen molar-refractivity contribution in [1.82, 2.24) is 9.78 Å². The second-order valence-corrected chi connectivity index (χ2v) is 9.56. The Bertz CT molecular complexity index is 1490. The van der Waals surface area contributed by atoms with Crippen molar-refractivity contribution in [1.29, 1.82) is 0 Å². The smallest absolute Gasteiger partial charge is 0.276 e. The second kappa shape index (κ2) is 8.39. The fraction of sp³-hybridized carbons (Fsp3) is 0.125. The third-order valence-corrected chi connectivity index (χ3v) is 6.25. The van der Waals surface area contributed by atoms with Crippen LogP contribution in [0.4, 0.5) is 5.69 Å². The summed E-state index contributed by atoms with van der Waals surface area (Å²) in [5.74, 6) is -0.531. The molecular weight excluding hydrogens is 426 g/mol. The summed E-state index contributed by atoms with van der Waals surface area (Å²) in [5, 5.41) is 7.93. The van der Waals surface area contributed by atoms with Gasteiger partial charge in [-0.2, -0.15) is 5.10 Å². The van der Waals surface area contributed by atoms with Crippen LogP contribution < -0.4 is 10.9 Å². The molecule has 162 valence electrons. The van der Waals surface area contributed by atoms with Gasteiger partial charge in [0, 0.05) is 17.3 Å². The van der Waals surface area contributed by atoms with E-state index >= 15 is 0 Å². The van der Waals surface area contributed by atoms with Crippen molar-refractivity contribution >= 4 is 32.2 Å². The molecule has 0 aliphatic heterocycles. The van der Waals surface area contributed by atoms with Gasteiger partial charge in [0.05, 0.1) is 16.8 Å². The molecule has 4 aromatic rings. The Labute approximate surface area is 185 Å². The Kier molecular flexibility index (Phi) is 5.63. The molecule has 1 heterocycles. The maximum Gasteiger partial charge on any atom is 0.276 e. The molecule has 1 N–H and O–H groups in total. The third-order valence-electron chi connectivity index (χ3n) is 5.14. The minimum atomic E-state index is -3.44. The number of nitrogens with one attached hydrogen (secondary N) is 1. The molecule has 0 spiro atoms. The molecule has 0 fully saturated rings. The average molecular weight is 448 g/mol. The lowest BCUT2D eigenvalue weighted by molar-refractivity contribution is 0.102. The predicted octanol–water partition coefficient (Wildman–Crippen LogP) is 3.41. The first-order chi connectivity index (χ1) is 15.2. The average Bonchev–Trinajstić information content (AvgIpc) is 2.77. The van der Waals surface area contributed by atoms with E-state index in [0.29, 0.717) is 22.0 Å². The lowest BCUT2D eigenvalue weighted by atomic mass is 10.1.